The molecule has 0 saturated heterocycles. The fourth-order valence-electron chi connectivity index (χ4n) is 1.96. The third-order valence-corrected chi connectivity index (χ3v) is 3.10. The second kappa shape index (κ2) is 5.21. The number of hydrogen-bond acceptors (Lipinski definition) is 2. The molecule has 0 spiro atoms. The second-order valence-corrected chi connectivity index (χ2v) is 4.49. The van der Waals surface area contributed by atoms with Crippen molar-refractivity contribution in [3.05, 3.63) is 72.1 Å². The SMILES string of the molecule is Clc1nccc(-c2ccc(-c3ccccc3)cc2)n1. The molecule has 0 fully saturated rings. The van der Waals surface area contributed by atoms with Crippen LogP contribution >= 0.6 is 11.6 Å². The maximum Gasteiger partial charge on any atom is 0.222 e. The van der Waals surface area contributed by atoms with E-state index in [-0.39, 0.29) is 5.28 Å². The van der Waals surface area contributed by atoms with Crippen molar-refractivity contribution in [1.82, 2.24) is 9.97 Å². The molecular weight excluding hydrogens is 256 g/mol. The van der Waals surface area contributed by atoms with Gasteiger partial charge in [0.2, 0.25) is 5.28 Å². The molecule has 0 unspecified atom stereocenters. The quantitative estimate of drug-likeness (QED) is 0.640. The molecule has 0 saturated carbocycles. The summed E-state index contributed by atoms with van der Waals surface area (Å²) in [6, 6.07) is 20.4. The molecule has 2 nitrogen and oxygen atoms in total. The predicted molar refractivity (Wildman–Crippen MR) is 77.9 cm³/mol. The van der Waals surface area contributed by atoms with Crippen LogP contribution in [-0.4, -0.2) is 9.97 Å². The zero-order chi connectivity index (χ0) is 13.1. The molecule has 0 radical (unpaired) electrons. The molecule has 0 atom stereocenters. The lowest BCUT2D eigenvalue weighted by atomic mass is 10.0. The monoisotopic (exact) mass is 266 g/mol. The van der Waals surface area contributed by atoms with Crippen molar-refractivity contribution in [2.75, 3.05) is 0 Å². The first-order valence-corrected chi connectivity index (χ1v) is 6.35. The molecule has 0 aliphatic heterocycles. The highest BCUT2D eigenvalue weighted by molar-refractivity contribution is 6.28. The van der Waals surface area contributed by atoms with Gasteiger partial charge in [0.1, 0.15) is 0 Å². The number of aromatic nitrogens is 2. The van der Waals surface area contributed by atoms with Gasteiger partial charge in [0.05, 0.1) is 5.69 Å². The first-order chi connectivity index (χ1) is 9.33. The third-order valence-electron chi connectivity index (χ3n) is 2.91. The van der Waals surface area contributed by atoms with E-state index in [9.17, 15) is 0 Å². The van der Waals surface area contributed by atoms with Crippen molar-refractivity contribution in [2.45, 2.75) is 0 Å². The van der Waals surface area contributed by atoms with E-state index in [1.54, 1.807) is 6.20 Å². The Morgan fingerprint density at radius 3 is 2.00 bits per heavy atom. The van der Waals surface area contributed by atoms with Crippen LogP contribution in [0.4, 0.5) is 0 Å². The molecule has 0 aliphatic carbocycles. The van der Waals surface area contributed by atoms with E-state index in [1.807, 2.05) is 36.4 Å². The average molecular weight is 267 g/mol. The van der Waals surface area contributed by atoms with Gasteiger partial charge in [-0.2, -0.15) is 0 Å². The van der Waals surface area contributed by atoms with E-state index in [4.69, 9.17) is 11.6 Å². The molecule has 19 heavy (non-hydrogen) atoms. The van der Waals surface area contributed by atoms with Crippen LogP contribution in [0.5, 0.6) is 0 Å². The minimum Gasteiger partial charge on any atom is -0.226 e. The van der Waals surface area contributed by atoms with Crippen molar-refractivity contribution in [2.24, 2.45) is 0 Å². The van der Waals surface area contributed by atoms with Crippen molar-refractivity contribution < 1.29 is 0 Å². The molecule has 0 bridgehead atoms. The average Bonchev–Trinajstić information content (AvgIpc) is 2.48. The predicted octanol–water partition coefficient (Wildman–Crippen LogP) is 4.46. The van der Waals surface area contributed by atoms with Gasteiger partial charge < -0.3 is 0 Å². The molecule has 0 N–H and O–H groups in total. The Balaban J connectivity index is 1.95. The summed E-state index contributed by atoms with van der Waals surface area (Å²) < 4.78 is 0. The van der Waals surface area contributed by atoms with Crippen LogP contribution in [0.3, 0.4) is 0 Å². The molecule has 3 heteroatoms. The Hall–Kier alpha value is -2.19. The van der Waals surface area contributed by atoms with E-state index in [1.165, 1.54) is 11.1 Å². The number of rotatable bonds is 2. The van der Waals surface area contributed by atoms with Crippen molar-refractivity contribution in [3.63, 3.8) is 0 Å². The van der Waals surface area contributed by atoms with Crippen LogP contribution in [0.25, 0.3) is 22.4 Å². The topological polar surface area (TPSA) is 25.8 Å². The van der Waals surface area contributed by atoms with Crippen LogP contribution in [0.2, 0.25) is 5.28 Å². The zero-order valence-electron chi connectivity index (χ0n) is 10.1. The van der Waals surface area contributed by atoms with Gasteiger partial charge in [0, 0.05) is 11.8 Å². The standard InChI is InChI=1S/C16H11ClN2/c17-16-18-11-10-15(19-16)14-8-6-13(7-9-14)12-4-2-1-3-5-12/h1-11H. The molecule has 92 valence electrons. The molecule has 2 aromatic carbocycles. The van der Waals surface area contributed by atoms with Crippen LogP contribution < -0.4 is 0 Å². The van der Waals surface area contributed by atoms with Gasteiger partial charge in [-0.15, -0.1) is 0 Å². The summed E-state index contributed by atoms with van der Waals surface area (Å²) in [6.07, 6.45) is 1.66. The number of nitrogens with zero attached hydrogens (tertiary/aromatic N) is 2. The van der Waals surface area contributed by atoms with Gasteiger partial charge in [0.25, 0.3) is 0 Å². The highest BCUT2D eigenvalue weighted by Crippen LogP contribution is 2.23. The van der Waals surface area contributed by atoms with Gasteiger partial charge in [-0.05, 0) is 28.8 Å². The Bertz CT molecular complexity index is 679. The maximum absolute atomic E-state index is 5.80. The molecule has 3 rings (SSSR count). The summed E-state index contributed by atoms with van der Waals surface area (Å²) in [6.45, 7) is 0. The van der Waals surface area contributed by atoms with E-state index in [2.05, 4.69) is 34.2 Å². The normalized spacial score (nSPS) is 10.4. The Kier molecular flexibility index (Phi) is 3.25. The Labute approximate surface area is 116 Å². The largest absolute Gasteiger partial charge is 0.226 e. The van der Waals surface area contributed by atoms with Crippen molar-refractivity contribution in [3.8, 4) is 22.4 Å². The zero-order valence-corrected chi connectivity index (χ0v) is 10.9. The van der Waals surface area contributed by atoms with Crippen molar-refractivity contribution in [1.29, 1.82) is 0 Å². The molecule has 0 aliphatic rings. The second-order valence-electron chi connectivity index (χ2n) is 4.15. The maximum atomic E-state index is 5.80. The van der Waals surface area contributed by atoms with Crippen molar-refractivity contribution >= 4 is 11.6 Å². The van der Waals surface area contributed by atoms with E-state index in [0.29, 0.717) is 0 Å². The Morgan fingerprint density at radius 1 is 0.684 bits per heavy atom. The summed E-state index contributed by atoms with van der Waals surface area (Å²) in [5.41, 5.74) is 4.25. The third kappa shape index (κ3) is 2.64. The summed E-state index contributed by atoms with van der Waals surface area (Å²) in [7, 11) is 0. The van der Waals surface area contributed by atoms with Crippen LogP contribution in [-0.2, 0) is 0 Å². The fourth-order valence-corrected chi connectivity index (χ4v) is 2.11. The molecular formula is C16H11ClN2. The summed E-state index contributed by atoms with van der Waals surface area (Å²) in [5, 5.41) is 0.268. The van der Waals surface area contributed by atoms with Crippen LogP contribution in [0.1, 0.15) is 0 Å². The van der Waals surface area contributed by atoms with Gasteiger partial charge in [-0.1, -0.05) is 54.6 Å². The number of hydrogen-bond donors (Lipinski definition) is 0. The lowest BCUT2D eigenvalue weighted by Gasteiger charge is -2.04. The van der Waals surface area contributed by atoms with E-state index >= 15 is 0 Å². The molecule has 1 aromatic heterocycles. The van der Waals surface area contributed by atoms with Gasteiger partial charge in [-0.25, -0.2) is 9.97 Å². The minimum absolute atomic E-state index is 0.268. The first kappa shape index (κ1) is 11.9. The van der Waals surface area contributed by atoms with Crippen LogP contribution in [0.15, 0.2) is 66.9 Å². The first-order valence-electron chi connectivity index (χ1n) is 5.97. The minimum atomic E-state index is 0.268. The number of benzene rings is 2. The van der Waals surface area contributed by atoms with E-state index < -0.39 is 0 Å². The lowest BCUT2D eigenvalue weighted by Crippen LogP contribution is -1.86. The fraction of sp³-hybridized carbons (Fsp3) is 0. The highest BCUT2D eigenvalue weighted by atomic mass is 35.5. The molecule has 0 amide bonds. The van der Waals surface area contributed by atoms with E-state index in [0.717, 1.165) is 11.3 Å². The summed E-state index contributed by atoms with van der Waals surface area (Å²) in [4.78, 5) is 8.08. The summed E-state index contributed by atoms with van der Waals surface area (Å²) >= 11 is 5.80. The Morgan fingerprint density at radius 2 is 1.32 bits per heavy atom. The molecule has 3 aromatic rings. The highest BCUT2D eigenvalue weighted by Gasteiger charge is 2.02. The van der Waals surface area contributed by atoms with Gasteiger partial charge in [0.15, 0.2) is 0 Å². The van der Waals surface area contributed by atoms with Crippen LogP contribution in [0, 0.1) is 0 Å². The summed E-state index contributed by atoms with van der Waals surface area (Å²) in [5.74, 6) is 0. The smallest absolute Gasteiger partial charge is 0.222 e. The van der Waals surface area contributed by atoms with Gasteiger partial charge in [-0.3, -0.25) is 0 Å². The number of halogens is 1. The lowest BCUT2D eigenvalue weighted by molar-refractivity contribution is 1.17. The van der Waals surface area contributed by atoms with Gasteiger partial charge >= 0.3 is 0 Å². The molecule has 1 heterocycles.